The van der Waals surface area contributed by atoms with Crippen LogP contribution in [0.25, 0.3) is 12.2 Å². The molecule has 0 spiro atoms. The highest BCUT2D eigenvalue weighted by Crippen LogP contribution is 2.60. The van der Waals surface area contributed by atoms with E-state index in [-0.39, 0.29) is 11.9 Å². The van der Waals surface area contributed by atoms with Crippen LogP contribution in [-0.2, 0) is 14.0 Å². The van der Waals surface area contributed by atoms with Crippen molar-refractivity contribution < 1.29 is 37.5 Å². The fraction of sp³-hybridized carbons (Fsp3) is 0.417. The summed E-state index contributed by atoms with van der Waals surface area (Å²) < 4.78 is 37.5. The van der Waals surface area contributed by atoms with E-state index < -0.39 is 8.17 Å². The van der Waals surface area contributed by atoms with Crippen LogP contribution in [0, 0.1) is 0 Å². The van der Waals surface area contributed by atoms with Crippen molar-refractivity contribution in [1.29, 1.82) is 0 Å². The molecule has 0 bridgehead atoms. The van der Waals surface area contributed by atoms with E-state index in [2.05, 4.69) is 4.62 Å². The molecule has 0 aliphatic heterocycles. The number of hydrogen-bond donors (Lipinski definition) is 1. The van der Waals surface area contributed by atoms with Gasteiger partial charge in [0.25, 0.3) is 0 Å². The molecule has 185 valence electrons. The highest BCUT2D eigenvalue weighted by molar-refractivity contribution is 7.55. The molecule has 0 aromatic heterocycles. The number of benzene rings is 2. The van der Waals surface area contributed by atoms with Gasteiger partial charge in [0.15, 0.2) is 17.2 Å². The predicted octanol–water partition coefficient (Wildman–Crippen LogP) is 5.62. The van der Waals surface area contributed by atoms with Gasteiger partial charge in [-0.25, -0.2) is 0 Å². The molecular weight excluding hydrogens is 461 g/mol. The molecule has 2 aromatic carbocycles. The van der Waals surface area contributed by atoms with E-state index in [1.807, 2.05) is 30.4 Å². The second kappa shape index (κ2) is 12.2. The Morgan fingerprint density at radius 3 is 1.94 bits per heavy atom. The maximum absolute atomic E-state index is 13.1. The second-order valence-corrected chi connectivity index (χ2v) is 9.21. The van der Waals surface area contributed by atoms with Crippen LogP contribution in [-0.4, -0.2) is 34.5 Å². The zero-order valence-corrected chi connectivity index (χ0v) is 20.8. The lowest BCUT2D eigenvalue weighted by atomic mass is 9.98. The van der Waals surface area contributed by atoms with E-state index in [0.717, 1.165) is 43.2 Å². The SMILES string of the molecule is COc1ccc(/C=C\c2cc(OC)c(OC)c(OC)c2)cc1O[P+]([O])(ON)OC1CCCCC1. The zero-order chi connectivity index (χ0) is 24.6. The molecule has 1 aliphatic carbocycles. The Labute approximate surface area is 200 Å². The van der Waals surface area contributed by atoms with Gasteiger partial charge in [-0.05, 0) is 48.2 Å². The van der Waals surface area contributed by atoms with Crippen molar-refractivity contribution in [2.45, 2.75) is 38.2 Å². The first kappa shape index (κ1) is 26.1. The van der Waals surface area contributed by atoms with Gasteiger partial charge in [0.05, 0.1) is 33.3 Å². The van der Waals surface area contributed by atoms with Crippen molar-refractivity contribution >= 4 is 20.3 Å². The monoisotopic (exact) mass is 493 g/mol. The smallest absolute Gasteiger partial charge is 0.493 e. The van der Waals surface area contributed by atoms with E-state index >= 15 is 0 Å². The summed E-state index contributed by atoms with van der Waals surface area (Å²) in [5.74, 6) is 7.47. The summed E-state index contributed by atoms with van der Waals surface area (Å²) in [6, 6.07) is 8.85. The van der Waals surface area contributed by atoms with E-state index in [1.54, 1.807) is 33.5 Å². The third kappa shape index (κ3) is 6.52. The predicted molar refractivity (Wildman–Crippen MR) is 129 cm³/mol. The van der Waals surface area contributed by atoms with Gasteiger partial charge in [0, 0.05) is 0 Å². The van der Waals surface area contributed by atoms with Crippen LogP contribution < -0.4 is 29.4 Å². The first-order valence-corrected chi connectivity index (χ1v) is 12.4. The molecule has 9 nitrogen and oxygen atoms in total. The summed E-state index contributed by atoms with van der Waals surface area (Å²) in [5.41, 5.74) is 1.58. The van der Waals surface area contributed by atoms with Crippen LogP contribution in [0.1, 0.15) is 43.2 Å². The Morgan fingerprint density at radius 2 is 1.38 bits per heavy atom. The Kier molecular flexibility index (Phi) is 9.38. The van der Waals surface area contributed by atoms with Gasteiger partial charge in [0.2, 0.25) is 11.5 Å². The molecular formula is C24H32NO8P+. The van der Waals surface area contributed by atoms with Crippen LogP contribution in [0.2, 0.25) is 0 Å². The number of rotatable bonds is 11. The Balaban J connectivity index is 1.84. The Morgan fingerprint density at radius 1 is 0.794 bits per heavy atom. The van der Waals surface area contributed by atoms with Crippen molar-refractivity contribution in [3.05, 3.63) is 41.5 Å². The van der Waals surface area contributed by atoms with E-state index in [0.29, 0.717) is 23.0 Å². The third-order valence-corrected chi connectivity index (χ3v) is 6.75. The molecule has 0 amide bonds. The standard InChI is InChI=1S/C24H32NO8P/c1-27-20-13-12-17(10-11-18-15-22(28-2)24(30-4)23(16-18)29-3)14-21(20)32-34(26,33-25)31-19-8-6-5-7-9-19/h10-16,19H,5-9,25H2,1-4H3/q+1/b11-10-. The molecule has 3 rings (SSSR count). The molecule has 0 saturated heterocycles. The van der Waals surface area contributed by atoms with E-state index in [9.17, 15) is 4.89 Å². The normalized spacial score (nSPS) is 16.2. The fourth-order valence-electron chi connectivity index (χ4n) is 3.80. The minimum absolute atomic E-state index is 0.194. The highest BCUT2D eigenvalue weighted by atomic mass is 31.2. The van der Waals surface area contributed by atoms with Gasteiger partial charge >= 0.3 is 8.17 Å². The minimum atomic E-state index is -4.03. The number of ether oxygens (including phenoxy) is 4. The van der Waals surface area contributed by atoms with Crippen molar-refractivity contribution in [3.63, 3.8) is 0 Å². The largest absolute Gasteiger partial charge is 0.674 e. The summed E-state index contributed by atoms with van der Waals surface area (Å²) >= 11 is 0. The maximum Gasteiger partial charge on any atom is 0.674 e. The number of methoxy groups -OCH3 is 4. The van der Waals surface area contributed by atoms with Gasteiger partial charge in [-0.3, -0.25) is 4.52 Å². The molecule has 1 fully saturated rings. The van der Waals surface area contributed by atoms with E-state index in [4.69, 9.17) is 33.9 Å². The van der Waals surface area contributed by atoms with Gasteiger partial charge in [0.1, 0.15) is 6.10 Å². The molecule has 1 atom stereocenters. The lowest BCUT2D eigenvalue weighted by Gasteiger charge is -2.21. The lowest BCUT2D eigenvalue weighted by Crippen LogP contribution is -2.21. The number of hydrogen-bond acceptors (Lipinski definition) is 8. The van der Waals surface area contributed by atoms with Gasteiger partial charge in [-0.15, -0.1) is 4.52 Å². The van der Waals surface area contributed by atoms with Crippen LogP contribution >= 0.6 is 8.17 Å². The van der Waals surface area contributed by atoms with Gasteiger partial charge < -0.3 is 18.9 Å². The molecule has 2 aromatic rings. The third-order valence-electron chi connectivity index (χ3n) is 5.51. The Hall–Kier alpha value is -2.55. The topological polar surface area (TPSA) is 111 Å². The van der Waals surface area contributed by atoms with Crippen molar-refractivity contribution in [1.82, 2.24) is 0 Å². The zero-order valence-electron chi connectivity index (χ0n) is 19.9. The average Bonchev–Trinajstić information content (AvgIpc) is 2.87. The minimum Gasteiger partial charge on any atom is -0.493 e. The van der Waals surface area contributed by atoms with Gasteiger partial charge in [-0.2, -0.15) is 5.90 Å². The Bertz CT molecular complexity index is 954. The lowest BCUT2D eigenvalue weighted by molar-refractivity contribution is 0.0478. The van der Waals surface area contributed by atoms with Crippen molar-refractivity contribution in [3.8, 4) is 28.7 Å². The van der Waals surface area contributed by atoms with E-state index in [1.165, 1.54) is 7.11 Å². The summed E-state index contributed by atoms with van der Waals surface area (Å²) in [6.45, 7) is 0. The highest BCUT2D eigenvalue weighted by Gasteiger charge is 2.53. The summed E-state index contributed by atoms with van der Waals surface area (Å²) in [4.78, 5) is 13.1. The average molecular weight is 493 g/mol. The van der Waals surface area contributed by atoms with Crippen LogP contribution in [0.15, 0.2) is 30.3 Å². The van der Waals surface area contributed by atoms with Crippen molar-refractivity contribution in [2.75, 3.05) is 28.4 Å². The van der Waals surface area contributed by atoms with Crippen LogP contribution in [0.4, 0.5) is 0 Å². The first-order chi connectivity index (χ1) is 16.4. The molecule has 1 aliphatic rings. The summed E-state index contributed by atoms with van der Waals surface area (Å²) in [7, 11) is 2.13. The first-order valence-electron chi connectivity index (χ1n) is 11.0. The number of nitrogens with two attached hydrogens (primary N) is 1. The van der Waals surface area contributed by atoms with Gasteiger partial charge in [-0.1, -0.05) is 42.1 Å². The molecule has 1 unspecified atom stereocenters. The van der Waals surface area contributed by atoms with Crippen LogP contribution in [0.3, 0.4) is 0 Å². The molecule has 10 heteroatoms. The molecule has 1 saturated carbocycles. The maximum atomic E-state index is 13.1. The second-order valence-electron chi connectivity index (χ2n) is 7.71. The molecule has 2 N–H and O–H groups in total. The fourth-order valence-corrected chi connectivity index (χ4v) is 4.90. The summed E-state index contributed by atoms with van der Waals surface area (Å²) in [6.07, 6.45) is 8.19. The molecule has 34 heavy (non-hydrogen) atoms. The quantitative estimate of drug-likeness (QED) is 0.244. The van der Waals surface area contributed by atoms with Crippen LogP contribution in [0.5, 0.6) is 28.7 Å². The molecule has 0 heterocycles. The summed E-state index contributed by atoms with van der Waals surface area (Å²) in [5, 5.41) is 0. The molecule has 1 radical (unpaired) electrons. The van der Waals surface area contributed by atoms with Crippen molar-refractivity contribution in [2.24, 2.45) is 5.90 Å².